The van der Waals surface area contributed by atoms with Crippen LogP contribution >= 0.6 is 0 Å². The Hall–Kier alpha value is -0.120. The molecule has 0 aromatic rings. The van der Waals surface area contributed by atoms with Gasteiger partial charge in [0.15, 0.2) is 0 Å². The first-order valence-corrected chi connectivity index (χ1v) is 5.43. The number of hydrogen-bond acceptors (Lipinski definition) is 3. The minimum absolute atomic E-state index is 0.224. The highest BCUT2D eigenvalue weighted by Crippen LogP contribution is 2.23. The van der Waals surface area contributed by atoms with Crippen LogP contribution in [0.25, 0.3) is 0 Å². The summed E-state index contributed by atoms with van der Waals surface area (Å²) in [5, 5.41) is 0. The molecule has 0 aromatic heterocycles. The third kappa shape index (κ3) is 5.58. The van der Waals surface area contributed by atoms with Crippen molar-refractivity contribution in [3.8, 4) is 0 Å². The molecule has 0 aliphatic heterocycles. The second kappa shape index (κ2) is 6.38. The smallest absolute Gasteiger partial charge is 0.0735 e. The van der Waals surface area contributed by atoms with Crippen molar-refractivity contribution in [1.29, 1.82) is 0 Å². The predicted molar refractivity (Wildman–Crippen MR) is 60.9 cm³/mol. The Labute approximate surface area is 88.4 Å². The second-order valence-corrected chi connectivity index (χ2v) is 5.05. The van der Waals surface area contributed by atoms with Crippen LogP contribution in [0.1, 0.15) is 47.0 Å². The lowest BCUT2D eigenvalue weighted by atomic mass is 9.87. The summed E-state index contributed by atoms with van der Waals surface area (Å²) in [6.07, 6.45) is 3.44. The quantitative estimate of drug-likeness (QED) is 0.512. The van der Waals surface area contributed by atoms with Gasteiger partial charge in [0.1, 0.15) is 0 Å². The average molecular weight is 202 g/mol. The van der Waals surface area contributed by atoms with Crippen molar-refractivity contribution >= 4 is 0 Å². The number of hydrogen-bond donors (Lipinski definition) is 2. The van der Waals surface area contributed by atoms with Gasteiger partial charge in [-0.3, -0.25) is 11.3 Å². The Kier molecular flexibility index (Phi) is 6.33. The zero-order valence-electron chi connectivity index (χ0n) is 10.3. The number of nitrogens with one attached hydrogen (secondary N) is 1. The van der Waals surface area contributed by atoms with Gasteiger partial charge >= 0.3 is 0 Å². The van der Waals surface area contributed by atoms with Gasteiger partial charge in [-0.1, -0.05) is 27.7 Å². The first-order chi connectivity index (χ1) is 6.44. The van der Waals surface area contributed by atoms with Crippen LogP contribution in [0, 0.1) is 5.41 Å². The minimum Gasteiger partial charge on any atom is -0.380 e. The van der Waals surface area contributed by atoms with Crippen molar-refractivity contribution in [1.82, 2.24) is 5.43 Å². The van der Waals surface area contributed by atoms with Gasteiger partial charge in [-0.15, -0.1) is 0 Å². The van der Waals surface area contributed by atoms with E-state index in [1.807, 2.05) is 0 Å². The van der Waals surface area contributed by atoms with Crippen LogP contribution in [0.2, 0.25) is 0 Å². The maximum Gasteiger partial charge on any atom is 0.0735 e. The van der Waals surface area contributed by atoms with Crippen molar-refractivity contribution in [2.24, 2.45) is 11.3 Å². The fourth-order valence-corrected chi connectivity index (χ4v) is 1.58. The van der Waals surface area contributed by atoms with Crippen LogP contribution in [0.4, 0.5) is 0 Å². The van der Waals surface area contributed by atoms with Crippen LogP contribution in [0.15, 0.2) is 0 Å². The van der Waals surface area contributed by atoms with Crippen LogP contribution in [-0.2, 0) is 4.74 Å². The normalized spacial score (nSPS) is 16.7. The number of ether oxygens (including phenoxy) is 1. The molecule has 0 fully saturated rings. The van der Waals surface area contributed by atoms with E-state index in [1.54, 1.807) is 7.11 Å². The van der Waals surface area contributed by atoms with E-state index >= 15 is 0 Å². The maximum atomic E-state index is 5.52. The number of hydrazine groups is 1. The fourth-order valence-electron chi connectivity index (χ4n) is 1.58. The Bertz CT molecular complexity index is 139. The molecule has 2 atom stereocenters. The van der Waals surface area contributed by atoms with Crippen LogP contribution in [0.5, 0.6) is 0 Å². The van der Waals surface area contributed by atoms with Crippen LogP contribution < -0.4 is 11.3 Å². The van der Waals surface area contributed by atoms with Crippen molar-refractivity contribution < 1.29 is 4.74 Å². The maximum absolute atomic E-state index is 5.52. The van der Waals surface area contributed by atoms with Gasteiger partial charge in [-0.2, -0.15) is 0 Å². The molecule has 0 spiro atoms. The SMILES string of the molecule is CCC(OC)C(CCC(C)(C)C)NN. The van der Waals surface area contributed by atoms with E-state index in [-0.39, 0.29) is 12.1 Å². The van der Waals surface area contributed by atoms with Crippen LogP contribution in [0.3, 0.4) is 0 Å². The summed E-state index contributed by atoms with van der Waals surface area (Å²) in [5.41, 5.74) is 3.21. The average Bonchev–Trinajstić information content (AvgIpc) is 2.10. The van der Waals surface area contributed by atoms with E-state index in [1.165, 1.54) is 0 Å². The predicted octanol–water partition coefficient (Wildman–Crippen LogP) is 2.07. The molecule has 0 aliphatic rings. The highest BCUT2D eigenvalue weighted by atomic mass is 16.5. The molecule has 0 rings (SSSR count). The van der Waals surface area contributed by atoms with Gasteiger partial charge in [-0.25, -0.2) is 0 Å². The monoisotopic (exact) mass is 202 g/mol. The molecular weight excluding hydrogens is 176 g/mol. The summed E-state index contributed by atoms with van der Waals surface area (Å²) < 4.78 is 5.38. The Morgan fingerprint density at radius 3 is 2.21 bits per heavy atom. The molecule has 3 heteroatoms. The summed E-state index contributed by atoms with van der Waals surface area (Å²) in [4.78, 5) is 0. The minimum atomic E-state index is 0.224. The molecule has 3 N–H and O–H groups in total. The first kappa shape index (κ1) is 13.9. The number of nitrogens with two attached hydrogens (primary N) is 1. The first-order valence-electron chi connectivity index (χ1n) is 5.43. The zero-order valence-corrected chi connectivity index (χ0v) is 10.3. The summed E-state index contributed by atoms with van der Waals surface area (Å²) in [5.74, 6) is 5.52. The Morgan fingerprint density at radius 2 is 1.93 bits per heavy atom. The van der Waals surface area contributed by atoms with Gasteiger partial charge < -0.3 is 4.74 Å². The van der Waals surface area contributed by atoms with E-state index in [0.717, 1.165) is 19.3 Å². The fraction of sp³-hybridized carbons (Fsp3) is 1.00. The van der Waals surface area contributed by atoms with Gasteiger partial charge in [0.25, 0.3) is 0 Å². The molecule has 14 heavy (non-hydrogen) atoms. The molecule has 0 radical (unpaired) electrons. The molecule has 3 nitrogen and oxygen atoms in total. The third-order valence-corrected chi connectivity index (χ3v) is 2.57. The van der Waals surface area contributed by atoms with Crippen LogP contribution in [-0.4, -0.2) is 19.3 Å². The van der Waals surface area contributed by atoms with Crippen molar-refractivity contribution in [3.63, 3.8) is 0 Å². The third-order valence-electron chi connectivity index (χ3n) is 2.57. The summed E-state index contributed by atoms with van der Waals surface area (Å²) in [6, 6.07) is 0.268. The molecule has 2 unspecified atom stereocenters. The van der Waals surface area contributed by atoms with E-state index in [4.69, 9.17) is 10.6 Å². The van der Waals surface area contributed by atoms with Crippen molar-refractivity contribution in [2.45, 2.75) is 59.1 Å². The van der Waals surface area contributed by atoms with Crippen molar-refractivity contribution in [2.75, 3.05) is 7.11 Å². The molecule has 0 amide bonds. The lowest BCUT2D eigenvalue weighted by Gasteiger charge is -2.27. The largest absolute Gasteiger partial charge is 0.380 e. The lowest BCUT2D eigenvalue weighted by molar-refractivity contribution is 0.0586. The number of rotatable bonds is 6. The van der Waals surface area contributed by atoms with Crippen molar-refractivity contribution in [3.05, 3.63) is 0 Å². The molecule has 0 bridgehead atoms. The van der Waals surface area contributed by atoms with E-state index < -0.39 is 0 Å². The standard InChI is InChI=1S/C11H26N2O/c1-6-10(14-5)9(13-12)7-8-11(2,3)4/h9-10,13H,6-8,12H2,1-5H3. The second-order valence-electron chi connectivity index (χ2n) is 5.05. The molecule has 0 aromatic carbocycles. The molecule has 0 heterocycles. The molecule has 86 valence electrons. The number of methoxy groups -OCH3 is 1. The molecule has 0 saturated carbocycles. The van der Waals surface area contributed by atoms with E-state index in [9.17, 15) is 0 Å². The van der Waals surface area contributed by atoms with E-state index in [0.29, 0.717) is 5.41 Å². The van der Waals surface area contributed by atoms with Gasteiger partial charge in [0.2, 0.25) is 0 Å². The summed E-state index contributed by atoms with van der Waals surface area (Å²) in [7, 11) is 1.75. The lowest BCUT2D eigenvalue weighted by Crippen LogP contribution is -2.45. The topological polar surface area (TPSA) is 47.3 Å². The molecule has 0 saturated heterocycles. The Morgan fingerprint density at radius 1 is 1.36 bits per heavy atom. The molecular formula is C11H26N2O. The zero-order chi connectivity index (χ0) is 11.2. The van der Waals surface area contributed by atoms with E-state index in [2.05, 4.69) is 33.1 Å². The van der Waals surface area contributed by atoms with Gasteiger partial charge in [0.05, 0.1) is 6.10 Å². The molecule has 0 aliphatic carbocycles. The summed E-state index contributed by atoms with van der Waals surface area (Å²) >= 11 is 0. The van der Waals surface area contributed by atoms with Gasteiger partial charge in [-0.05, 0) is 24.7 Å². The van der Waals surface area contributed by atoms with Gasteiger partial charge in [0, 0.05) is 13.2 Å². The Balaban J connectivity index is 4.01. The highest BCUT2D eigenvalue weighted by Gasteiger charge is 2.20. The summed E-state index contributed by atoms with van der Waals surface area (Å²) in [6.45, 7) is 8.85. The highest BCUT2D eigenvalue weighted by molar-refractivity contribution is 4.76.